The van der Waals surface area contributed by atoms with Crippen LogP contribution in [0.15, 0.2) is 29.7 Å². The summed E-state index contributed by atoms with van der Waals surface area (Å²) in [5.74, 6) is 0.556. The maximum Gasteiger partial charge on any atom is 0.244 e. The van der Waals surface area contributed by atoms with Gasteiger partial charge in [0.15, 0.2) is 0 Å². The molecule has 0 saturated heterocycles. The van der Waals surface area contributed by atoms with E-state index in [1.807, 2.05) is 6.92 Å². The van der Waals surface area contributed by atoms with E-state index in [1.54, 1.807) is 12.4 Å². The topological polar surface area (TPSA) is 101 Å². The lowest BCUT2D eigenvalue weighted by molar-refractivity contribution is 0.538. The summed E-state index contributed by atoms with van der Waals surface area (Å²) in [5.41, 5.74) is 0. The van der Waals surface area contributed by atoms with Gasteiger partial charge in [0.25, 0.3) is 0 Å². The smallest absolute Gasteiger partial charge is 0.244 e. The molecule has 7 nitrogen and oxygen atoms in total. The van der Waals surface area contributed by atoms with E-state index >= 15 is 0 Å². The third-order valence-electron chi connectivity index (χ3n) is 2.46. The molecule has 0 spiro atoms. The van der Waals surface area contributed by atoms with Gasteiger partial charge >= 0.3 is 0 Å². The molecule has 102 valence electrons. The first kappa shape index (κ1) is 13.9. The second-order valence-electron chi connectivity index (χ2n) is 3.74. The van der Waals surface area contributed by atoms with Gasteiger partial charge in [-0.1, -0.05) is 6.92 Å². The zero-order valence-corrected chi connectivity index (χ0v) is 11.6. The SMILES string of the molecule is CCC(NS(=O)(=O)c1cnc(Cl)nc1)c1ncc[nH]1. The van der Waals surface area contributed by atoms with Crippen molar-refractivity contribution in [3.05, 3.63) is 35.9 Å². The number of sulfonamides is 1. The maximum atomic E-state index is 12.1. The molecule has 2 heterocycles. The van der Waals surface area contributed by atoms with Crippen molar-refractivity contribution in [2.24, 2.45) is 0 Å². The quantitative estimate of drug-likeness (QED) is 0.810. The molecule has 0 amide bonds. The van der Waals surface area contributed by atoms with Crippen LogP contribution in [0.2, 0.25) is 5.28 Å². The number of rotatable bonds is 5. The van der Waals surface area contributed by atoms with Crippen molar-refractivity contribution in [1.82, 2.24) is 24.7 Å². The zero-order chi connectivity index (χ0) is 13.9. The Kier molecular flexibility index (Phi) is 4.13. The van der Waals surface area contributed by atoms with Gasteiger partial charge in [0.1, 0.15) is 10.7 Å². The second kappa shape index (κ2) is 5.64. The number of hydrogen-bond acceptors (Lipinski definition) is 5. The number of nitrogens with one attached hydrogen (secondary N) is 2. The molecular weight excluding hydrogens is 290 g/mol. The number of halogens is 1. The normalized spacial score (nSPS) is 13.4. The molecule has 0 radical (unpaired) electrons. The van der Waals surface area contributed by atoms with Crippen LogP contribution in [0, 0.1) is 0 Å². The van der Waals surface area contributed by atoms with Crippen molar-refractivity contribution in [3.63, 3.8) is 0 Å². The predicted octanol–water partition coefficient (Wildman–Crippen LogP) is 1.28. The summed E-state index contributed by atoms with van der Waals surface area (Å²) in [6.45, 7) is 1.86. The Bertz CT molecular complexity index is 626. The van der Waals surface area contributed by atoms with Crippen molar-refractivity contribution in [3.8, 4) is 0 Å². The molecule has 1 unspecified atom stereocenters. The number of hydrogen-bond donors (Lipinski definition) is 2. The minimum absolute atomic E-state index is 0.00275. The van der Waals surface area contributed by atoms with Crippen LogP contribution in [0.4, 0.5) is 0 Å². The molecule has 19 heavy (non-hydrogen) atoms. The zero-order valence-electron chi connectivity index (χ0n) is 10.0. The van der Waals surface area contributed by atoms with E-state index in [2.05, 4.69) is 24.7 Å². The highest BCUT2D eigenvalue weighted by Crippen LogP contribution is 2.16. The minimum Gasteiger partial charge on any atom is -0.347 e. The van der Waals surface area contributed by atoms with Crippen LogP contribution in [-0.2, 0) is 10.0 Å². The van der Waals surface area contributed by atoms with Crippen LogP contribution in [-0.4, -0.2) is 28.4 Å². The Hall–Kier alpha value is -1.51. The fraction of sp³-hybridized carbons (Fsp3) is 0.300. The van der Waals surface area contributed by atoms with Gasteiger partial charge in [-0.3, -0.25) is 0 Å². The summed E-state index contributed by atoms with van der Waals surface area (Å²) >= 11 is 5.52. The summed E-state index contributed by atoms with van der Waals surface area (Å²) < 4.78 is 26.8. The molecule has 0 fully saturated rings. The third-order valence-corrected chi connectivity index (χ3v) is 4.08. The first-order valence-electron chi connectivity index (χ1n) is 5.52. The van der Waals surface area contributed by atoms with E-state index in [1.165, 1.54) is 0 Å². The molecule has 2 rings (SSSR count). The van der Waals surface area contributed by atoms with Crippen LogP contribution in [0.3, 0.4) is 0 Å². The molecule has 0 aliphatic rings. The maximum absolute atomic E-state index is 12.1. The number of nitrogens with zero attached hydrogens (tertiary/aromatic N) is 3. The Morgan fingerprint density at radius 1 is 1.37 bits per heavy atom. The number of H-pyrrole nitrogens is 1. The van der Waals surface area contributed by atoms with Crippen LogP contribution < -0.4 is 4.72 Å². The van der Waals surface area contributed by atoms with Crippen LogP contribution in [0.5, 0.6) is 0 Å². The first-order chi connectivity index (χ1) is 9.03. The summed E-state index contributed by atoms with van der Waals surface area (Å²) in [5, 5.41) is -0.00275. The van der Waals surface area contributed by atoms with Crippen molar-refractivity contribution in [1.29, 1.82) is 0 Å². The Balaban J connectivity index is 2.23. The molecule has 1 atom stereocenters. The predicted molar refractivity (Wildman–Crippen MR) is 69.0 cm³/mol. The molecule has 0 aliphatic heterocycles. The van der Waals surface area contributed by atoms with Gasteiger partial charge in [0.05, 0.1) is 18.4 Å². The summed E-state index contributed by atoms with van der Waals surface area (Å²) in [6, 6.07) is -0.435. The van der Waals surface area contributed by atoms with Crippen LogP contribution >= 0.6 is 11.6 Å². The third kappa shape index (κ3) is 3.28. The summed E-state index contributed by atoms with van der Waals surface area (Å²) in [6.07, 6.45) is 6.08. The number of aromatic amines is 1. The highest BCUT2D eigenvalue weighted by molar-refractivity contribution is 7.89. The molecule has 0 aliphatic carbocycles. The fourth-order valence-electron chi connectivity index (χ4n) is 1.50. The first-order valence-corrected chi connectivity index (χ1v) is 7.38. The van der Waals surface area contributed by atoms with E-state index in [0.29, 0.717) is 12.2 Å². The molecule has 0 bridgehead atoms. The molecular formula is C10H12ClN5O2S. The number of aromatic nitrogens is 4. The molecule has 0 aromatic carbocycles. The average molecular weight is 302 g/mol. The highest BCUT2D eigenvalue weighted by Gasteiger charge is 2.22. The van der Waals surface area contributed by atoms with Gasteiger partial charge in [-0.15, -0.1) is 0 Å². The standard InChI is InChI=1S/C10H12ClN5O2S/c1-2-8(9-12-3-4-13-9)16-19(17,18)7-5-14-10(11)15-6-7/h3-6,8,16H,2H2,1H3,(H,12,13). The van der Waals surface area contributed by atoms with E-state index in [4.69, 9.17) is 11.6 Å². The second-order valence-corrected chi connectivity index (χ2v) is 5.80. The van der Waals surface area contributed by atoms with E-state index < -0.39 is 16.1 Å². The van der Waals surface area contributed by atoms with Crippen LogP contribution in [0.25, 0.3) is 0 Å². The van der Waals surface area contributed by atoms with Crippen molar-refractivity contribution >= 4 is 21.6 Å². The van der Waals surface area contributed by atoms with Gasteiger partial charge < -0.3 is 4.98 Å². The molecule has 2 aromatic heterocycles. The lowest BCUT2D eigenvalue weighted by atomic mass is 10.2. The monoisotopic (exact) mass is 301 g/mol. The molecule has 9 heteroatoms. The summed E-state index contributed by atoms with van der Waals surface area (Å²) in [4.78, 5) is 14.2. The van der Waals surface area contributed by atoms with Gasteiger partial charge in [-0.2, -0.15) is 0 Å². The van der Waals surface area contributed by atoms with Gasteiger partial charge in [-0.25, -0.2) is 28.1 Å². The Morgan fingerprint density at radius 2 is 2.05 bits per heavy atom. The number of imidazole rings is 1. The van der Waals surface area contributed by atoms with Gasteiger partial charge in [0.2, 0.25) is 15.3 Å². The lowest BCUT2D eigenvalue weighted by Gasteiger charge is -2.14. The van der Waals surface area contributed by atoms with E-state index in [9.17, 15) is 8.42 Å². The van der Waals surface area contributed by atoms with Crippen molar-refractivity contribution in [2.45, 2.75) is 24.3 Å². The largest absolute Gasteiger partial charge is 0.347 e. The van der Waals surface area contributed by atoms with Crippen molar-refractivity contribution < 1.29 is 8.42 Å². The molecule has 2 N–H and O–H groups in total. The van der Waals surface area contributed by atoms with Crippen LogP contribution in [0.1, 0.15) is 25.2 Å². The molecule has 2 aromatic rings. The fourth-order valence-corrected chi connectivity index (χ4v) is 2.76. The Labute approximate surface area is 115 Å². The minimum atomic E-state index is -3.71. The summed E-state index contributed by atoms with van der Waals surface area (Å²) in [7, 11) is -3.71. The lowest BCUT2D eigenvalue weighted by Crippen LogP contribution is -2.29. The van der Waals surface area contributed by atoms with E-state index in [-0.39, 0.29) is 10.2 Å². The van der Waals surface area contributed by atoms with Gasteiger partial charge in [0, 0.05) is 12.4 Å². The Morgan fingerprint density at radius 3 is 2.58 bits per heavy atom. The van der Waals surface area contributed by atoms with Crippen molar-refractivity contribution in [2.75, 3.05) is 0 Å². The highest BCUT2D eigenvalue weighted by atomic mass is 35.5. The average Bonchev–Trinajstić information content (AvgIpc) is 2.90. The van der Waals surface area contributed by atoms with Gasteiger partial charge in [-0.05, 0) is 18.0 Å². The van der Waals surface area contributed by atoms with E-state index in [0.717, 1.165) is 12.4 Å². The molecule has 0 saturated carbocycles.